The van der Waals surface area contributed by atoms with Gasteiger partial charge in [-0.25, -0.2) is 0 Å². The lowest BCUT2D eigenvalue weighted by Crippen LogP contribution is -1.88. The summed E-state index contributed by atoms with van der Waals surface area (Å²) < 4.78 is 0. The molecular weight excluding hydrogens is 148 g/mol. The molecule has 0 bridgehead atoms. The quantitative estimate of drug-likeness (QED) is 0.613. The maximum atomic E-state index is 10.9. The topological polar surface area (TPSA) is 17.1 Å². The molecule has 0 aromatic carbocycles. The van der Waals surface area contributed by atoms with E-state index in [0.29, 0.717) is 12.3 Å². The van der Waals surface area contributed by atoms with Crippen LogP contribution in [0.1, 0.15) is 33.6 Å². The van der Waals surface area contributed by atoms with E-state index in [1.54, 1.807) is 6.08 Å². The second kappa shape index (κ2) is 3.70. The lowest BCUT2D eigenvalue weighted by Gasteiger charge is -2.04. The van der Waals surface area contributed by atoms with Crippen LogP contribution in [0.2, 0.25) is 0 Å². The molecule has 0 heterocycles. The smallest absolute Gasteiger partial charge is 0.156 e. The average Bonchev–Trinajstić information content (AvgIpc) is 2.35. The van der Waals surface area contributed by atoms with Crippen LogP contribution in [0.4, 0.5) is 0 Å². The molecule has 0 amide bonds. The van der Waals surface area contributed by atoms with E-state index >= 15 is 0 Å². The Morgan fingerprint density at radius 2 is 2.17 bits per heavy atom. The summed E-state index contributed by atoms with van der Waals surface area (Å²) in [6.07, 6.45) is 5.56. The predicted molar refractivity (Wildman–Crippen MR) is 50.9 cm³/mol. The van der Waals surface area contributed by atoms with Gasteiger partial charge in [-0.3, -0.25) is 4.79 Å². The number of allylic oxidation sites excluding steroid dienone is 4. The molecular formula is C11H16O. The number of carbonyl (C=O) groups is 1. The zero-order valence-corrected chi connectivity index (χ0v) is 8.05. The number of hydrogen-bond donors (Lipinski definition) is 0. The Hall–Kier alpha value is -0.850. The Bertz CT molecular complexity index is 244. The van der Waals surface area contributed by atoms with Gasteiger partial charge < -0.3 is 0 Å². The zero-order valence-electron chi connectivity index (χ0n) is 8.05. The lowest BCUT2D eigenvalue weighted by atomic mass is 10.0. The molecule has 0 atom stereocenters. The fourth-order valence-electron chi connectivity index (χ4n) is 1.19. The van der Waals surface area contributed by atoms with Crippen molar-refractivity contribution < 1.29 is 4.79 Å². The van der Waals surface area contributed by atoms with Gasteiger partial charge in [0.1, 0.15) is 0 Å². The highest BCUT2D eigenvalue weighted by Gasteiger charge is 2.10. The highest BCUT2D eigenvalue weighted by atomic mass is 16.1. The van der Waals surface area contributed by atoms with Gasteiger partial charge in [-0.05, 0) is 30.9 Å². The maximum Gasteiger partial charge on any atom is 0.156 e. The molecule has 1 aliphatic carbocycles. The van der Waals surface area contributed by atoms with E-state index in [2.05, 4.69) is 26.8 Å². The summed E-state index contributed by atoms with van der Waals surface area (Å²) >= 11 is 0. The van der Waals surface area contributed by atoms with Gasteiger partial charge in [-0.15, -0.1) is 0 Å². The Balaban J connectivity index is 2.68. The standard InChI is InChI=1S/C11H16O/c1-8(2)9(3)6-10-4-5-11(12)7-10/h6-8H,4-5H2,1-3H3. The minimum Gasteiger partial charge on any atom is -0.295 e. The molecule has 0 saturated carbocycles. The second-order valence-corrected chi connectivity index (χ2v) is 3.73. The molecule has 0 saturated heterocycles. The van der Waals surface area contributed by atoms with E-state index in [4.69, 9.17) is 0 Å². The van der Waals surface area contributed by atoms with Crippen molar-refractivity contribution >= 4 is 5.78 Å². The van der Waals surface area contributed by atoms with E-state index in [1.165, 1.54) is 11.1 Å². The summed E-state index contributed by atoms with van der Waals surface area (Å²) in [6, 6.07) is 0. The molecule has 0 unspecified atom stereocenters. The van der Waals surface area contributed by atoms with Crippen LogP contribution in [0, 0.1) is 5.92 Å². The monoisotopic (exact) mass is 164 g/mol. The van der Waals surface area contributed by atoms with Crippen LogP contribution in [-0.2, 0) is 4.79 Å². The molecule has 12 heavy (non-hydrogen) atoms. The molecule has 0 radical (unpaired) electrons. The van der Waals surface area contributed by atoms with Crippen LogP contribution < -0.4 is 0 Å². The molecule has 0 aromatic rings. The van der Waals surface area contributed by atoms with Crippen LogP contribution in [0.25, 0.3) is 0 Å². The van der Waals surface area contributed by atoms with Gasteiger partial charge in [-0.1, -0.05) is 25.5 Å². The molecule has 0 aromatic heterocycles. The summed E-state index contributed by atoms with van der Waals surface area (Å²) in [5, 5.41) is 0. The molecule has 0 fully saturated rings. The molecule has 1 rings (SSSR count). The van der Waals surface area contributed by atoms with Crippen molar-refractivity contribution in [3.8, 4) is 0 Å². The normalized spacial score (nSPS) is 18.8. The van der Waals surface area contributed by atoms with Crippen molar-refractivity contribution in [3.05, 3.63) is 23.3 Å². The van der Waals surface area contributed by atoms with Crippen LogP contribution >= 0.6 is 0 Å². The molecule has 0 spiro atoms. The van der Waals surface area contributed by atoms with Gasteiger partial charge in [0.15, 0.2) is 5.78 Å². The fourth-order valence-corrected chi connectivity index (χ4v) is 1.19. The van der Waals surface area contributed by atoms with E-state index in [9.17, 15) is 4.79 Å². The molecule has 1 heteroatoms. The van der Waals surface area contributed by atoms with Gasteiger partial charge in [0.2, 0.25) is 0 Å². The Morgan fingerprint density at radius 3 is 2.58 bits per heavy atom. The first kappa shape index (κ1) is 9.24. The second-order valence-electron chi connectivity index (χ2n) is 3.73. The Morgan fingerprint density at radius 1 is 1.50 bits per heavy atom. The van der Waals surface area contributed by atoms with E-state index < -0.39 is 0 Å². The van der Waals surface area contributed by atoms with Crippen molar-refractivity contribution in [2.45, 2.75) is 33.6 Å². The van der Waals surface area contributed by atoms with Gasteiger partial charge >= 0.3 is 0 Å². The van der Waals surface area contributed by atoms with Crippen LogP contribution in [0.5, 0.6) is 0 Å². The highest BCUT2D eigenvalue weighted by molar-refractivity contribution is 5.93. The number of carbonyl (C=O) groups excluding carboxylic acids is 1. The van der Waals surface area contributed by atoms with Crippen molar-refractivity contribution in [2.75, 3.05) is 0 Å². The van der Waals surface area contributed by atoms with Crippen LogP contribution in [-0.4, -0.2) is 5.78 Å². The third-order valence-corrected chi connectivity index (χ3v) is 2.33. The van der Waals surface area contributed by atoms with Gasteiger partial charge in [0.05, 0.1) is 0 Å². The lowest BCUT2D eigenvalue weighted by molar-refractivity contribution is -0.114. The van der Waals surface area contributed by atoms with Crippen molar-refractivity contribution in [1.82, 2.24) is 0 Å². The third-order valence-electron chi connectivity index (χ3n) is 2.33. The van der Waals surface area contributed by atoms with Crippen LogP contribution in [0.3, 0.4) is 0 Å². The SMILES string of the molecule is CC(=CC1=CC(=O)CC1)C(C)C. The highest BCUT2D eigenvalue weighted by Crippen LogP contribution is 2.19. The maximum absolute atomic E-state index is 10.9. The summed E-state index contributed by atoms with van der Waals surface area (Å²) in [5.74, 6) is 0.861. The number of hydrogen-bond acceptors (Lipinski definition) is 1. The molecule has 0 aliphatic heterocycles. The predicted octanol–water partition coefficient (Wildman–Crippen LogP) is 2.88. The summed E-state index contributed by atoms with van der Waals surface area (Å²) in [5.41, 5.74) is 2.56. The Kier molecular flexibility index (Phi) is 2.85. The van der Waals surface area contributed by atoms with Gasteiger partial charge in [0.25, 0.3) is 0 Å². The average molecular weight is 164 g/mol. The molecule has 1 nitrogen and oxygen atoms in total. The van der Waals surface area contributed by atoms with Crippen molar-refractivity contribution in [2.24, 2.45) is 5.92 Å². The minimum absolute atomic E-state index is 0.276. The number of ketones is 1. The zero-order chi connectivity index (χ0) is 9.14. The summed E-state index contributed by atoms with van der Waals surface area (Å²) in [4.78, 5) is 10.9. The van der Waals surface area contributed by atoms with Gasteiger partial charge in [0, 0.05) is 6.42 Å². The number of rotatable bonds is 2. The largest absolute Gasteiger partial charge is 0.295 e. The summed E-state index contributed by atoms with van der Waals surface area (Å²) in [6.45, 7) is 6.46. The molecule has 1 aliphatic rings. The van der Waals surface area contributed by atoms with Crippen molar-refractivity contribution in [1.29, 1.82) is 0 Å². The Labute approximate surface area is 74.2 Å². The molecule has 0 N–H and O–H groups in total. The van der Waals surface area contributed by atoms with E-state index in [0.717, 1.165) is 6.42 Å². The van der Waals surface area contributed by atoms with E-state index in [-0.39, 0.29) is 5.78 Å². The summed E-state index contributed by atoms with van der Waals surface area (Å²) in [7, 11) is 0. The van der Waals surface area contributed by atoms with Crippen molar-refractivity contribution in [3.63, 3.8) is 0 Å². The third kappa shape index (κ3) is 2.33. The van der Waals surface area contributed by atoms with E-state index in [1.807, 2.05) is 0 Å². The first-order valence-corrected chi connectivity index (χ1v) is 4.51. The van der Waals surface area contributed by atoms with Crippen LogP contribution in [0.15, 0.2) is 23.3 Å². The minimum atomic E-state index is 0.276. The molecule has 66 valence electrons. The first-order valence-electron chi connectivity index (χ1n) is 4.51. The van der Waals surface area contributed by atoms with Gasteiger partial charge in [-0.2, -0.15) is 0 Å². The first-order chi connectivity index (χ1) is 5.59. The fraction of sp³-hybridized carbons (Fsp3) is 0.545.